The molecule has 0 spiro atoms. The molecule has 0 aromatic heterocycles. The minimum atomic E-state index is 0.625. The van der Waals surface area contributed by atoms with Crippen LogP contribution in [0.4, 0.5) is 5.69 Å². The number of anilines is 1. The molecule has 0 aliphatic rings. The van der Waals surface area contributed by atoms with Crippen molar-refractivity contribution in [3.63, 3.8) is 0 Å². The Bertz CT molecular complexity index is 412. The Morgan fingerprint density at radius 1 is 1.26 bits per heavy atom. The first-order valence-electron chi connectivity index (χ1n) is 6.63. The molecule has 0 aliphatic heterocycles. The normalized spacial score (nSPS) is 10.3. The van der Waals surface area contributed by atoms with Gasteiger partial charge < -0.3 is 10.6 Å². The van der Waals surface area contributed by atoms with Gasteiger partial charge in [0, 0.05) is 11.0 Å². The maximum Gasteiger partial charge on any atom is 0.170 e. The third kappa shape index (κ3) is 7.14. The number of benzene rings is 1. The van der Waals surface area contributed by atoms with Gasteiger partial charge in [-0.25, -0.2) is 0 Å². The van der Waals surface area contributed by atoms with Gasteiger partial charge in [-0.2, -0.15) is 0 Å². The highest BCUT2D eigenvalue weighted by Crippen LogP contribution is 2.25. The zero-order valence-electron chi connectivity index (χ0n) is 11.1. The van der Waals surface area contributed by atoms with Gasteiger partial charge in [-0.15, -0.1) is 0 Å². The molecular weight excluding hydrogens is 344 g/mol. The summed E-state index contributed by atoms with van der Waals surface area (Å²) in [5, 5.41) is 7.59. The van der Waals surface area contributed by atoms with Crippen molar-refractivity contribution in [2.24, 2.45) is 0 Å². The Morgan fingerprint density at radius 3 is 2.68 bits per heavy atom. The van der Waals surface area contributed by atoms with Crippen molar-refractivity contribution in [1.29, 1.82) is 0 Å². The molecule has 0 fully saturated rings. The van der Waals surface area contributed by atoms with Crippen molar-refractivity contribution >= 4 is 50.5 Å². The molecule has 0 radical (unpaired) electrons. The zero-order chi connectivity index (χ0) is 14.1. The van der Waals surface area contributed by atoms with Gasteiger partial charge in [0.1, 0.15) is 0 Å². The third-order valence-corrected chi connectivity index (χ3v) is 3.80. The Hall–Kier alpha value is -0.320. The standard InChI is InChI=1S/C14H20BrClN2S/c1-2-3-4-5-6-9-17-14(19)18-13-8-7-11(15)10-12(13)16/h7-8,10H,2-6,9H2,1H3,(H2,17,18,19). The number of nitrogens with one attached hydrogen (secondary N) is 2. The van der Waals surface area contributed by atoms with Crippen molar-refractivity contribution in [2.75, 3.05) is 11.9 Å². The Kier molecular flexibility index (Phi) is 8.42. The predicted molar refractivity (Wildman–Crippen MR) is 92.1 cm³/mol. The summed E-state index contributed by atoms with van der Waals surface area (Å²) in [4.78, 5) is 0. The maximum absolute atomic E-state index is 6.11. The summed E-state index contributed by atoms with van der Waals surface area (Å²) < 4.78 is 0.956. The molecule has 19 heavy (non-hydrogen) atoms. The van der Waals surface area contributed by atoms with Gasteiger partial charge in [-0.1, -0.05) is 60.1 Å². The molecule has 0 saturated heterocycles. The lowest BCUT2D eigenvalue weighted by molar-refractivity contribution is 0.625. The van der Waals surface area contributed by atoms with E-state index in [-0.39, 0.29) is 0 Å². The average Bonchev–Trinajstić information content (AvgIpc) is 2.37. The summed E-state index contributed by atoms with van der Waals surface area (Å²) in [6.45, 7) is 3.13. The SMILES string of the molecule is CCCCCCCNC(=S)Nc1ccc(Br)cc1Cl. The van der Waals surface area contributed by atoms with Crippen LogP contribution in [0, 0.1) is 0 Å². The molecule has 0 heterocycles. The van der Waals surface area contributed by atoms with Crippen LogP contribution in [0.2, 0.25) is 5.02 Å². The summed E-state index contributed by atoms with van der Waals surface area (Å²) in [5.74, 6) is 0. The van der Waals surface area contributed by atoms with Crippen molar-refractivity contribution in [3.8, 4) is 0 Å². The lowest BCUT2D eigenvalue weighted by Gasteiger charge is -2.11. The molecule has 0 amide bonds. The van der Waals surface area contributed by atoms with E-state index >= 15 is 0 Å². The molecule has 0 unspecified atom stereocenters. The van der Waals surface area contributed by atoms with E-state index in [4.69, 9.17) is 23.8 Å². The molecule has 5 heteroatoms. The van der Waals surface area contributed by atoms with E-state index < -0.39 is 0 Å². The fourth-order valence-corrected chi connectivity index (χ4v) is 2.62. The second-order valence-electron chi connectivity index (χ2n) is 4.42. The van der Waals surface area contributed by atoms with E-state index in [1.807, 2.05) is 18.2 Å². The van der Waals surface area contributed by atoms with Gasteiger partial charge in [0.05, 0.1) is 10.7 Å². The molecule has 1 aromatic carbocycles. The van der Waals surface area contributed by atoms with E-state index in [1.54, 1.807) is 0 Å². The van der Waals surface area contributed by atoms with Gasteiger partial charge in [-0.05, 0) is 36.8 Å². The highest BCUT2D eigenvalue weighted by molar-refractivity contribution is 9.10. The first-order valence-corrected chi connectivity index (χ1v) is 8.21. The zero-order valence-corrected chi connectivity index (χ0v) is 14.3. The molecule has 1 aromatic rings. The predicted octanol–water partition coefficient (Wildman–Crippen LogP) is 5.36. The van der Waals surface area contributed by atoms with E-state index in [9.17, 15) is 0 Å². The summed E-state index contributed by atoms with van der Waals surface area (Å²) in [5.41, 5.74) is 0.827. The second kappa shape index (κ2) is 9.56. The van der Waals surface area contributed by atoms with Crippen molar-refractivity contribution in [2.45, 2.75) is 39.0 Å². The number of hydrogen-bond acceptors (Lipinski definition) is 1. The van der Waals surface area contributed by atoms with E-state index in [0.29, 0.717) is 10.1 Å². The lowest BCUT2D eigenvalue weighted by atomic mass is 10.1. The van der Waals surface area contributed by atoms with Crippen LogP contribution in [0.5, 0.6) is 0 Å². The average molecular weight is 364 g/mol. The molecule has 106 valence electrons. The Labute approximate surface area is 134 Å². The topological polar surface area (TPSA) is 24.1 Å². The van der Waals surface area contributed by atoms with Crippen LogP contribution in [-0.4, -0.2) is 11.7 Å². The van der Waals surface area contributed by atoms with E-state index in [1.165, 1.54) is 25.7 Å². The molecule has 1 rings (SSSR count). The van der Waals surface area contributed by atoms with Crippen LogP contribution in [0.15, 0.2) is 22.7 Å². The van der Waals surface area contributed by atoms with E-state index in [0.717, 1.165) is 23.1 Å². The fraction of sp³-hybridized carbons (Fsp3) is 0.500. The molecule has 0 atom stereocenters. The number of halogens is 2. The second-order valence-corrected chi connectivity index (χ2v) is 6.15. The fourth-order valence-electron chi connectivity index (χ4n) is 1.69. The highest BCUT2D eigenvalue weighted by Gasteiger charge is 2.02. The summed E-state index contributed by atoms with van der Waals surface area (Å²) in [6, 6.07) is 5.68. The van der Waals surface area contributed by atoms with Crippen LogP contribution in [0.3, 0.4) is 0 Å². The van der Waals surface area contributed by atoms with Gasteiger partial charge in [-0.3, -0.25) is 0 Å². The number of thiocarbonyl (C=S) groups is 1. The van der Waals surface area contributed by atoms with Crippen LogP contribution >= 0.6 is 39.7 Å². The molecule has 0 bridgehead atoms. The maximum atomic E-state index is 6.11. The quantitative estimate of drug-likeness (QED) is 0.504. The number of rotatable bonds is 7. The first kappa shape index (κ1) is 16.7. The van der Waals surface area contributed by atoms with Gasteiger partial charge in [0.25, 0.3) is 0 Å². The molecular formula is C14H20BrClN2S. The Morgan fingerprint density at radius 2 is 2.00 bits per heavy atom. The minimum absolute atomic E-state index is 0.625. The number of hydrogen-bond donors (Lipinski definition) is 2. The van der Waals surface area contributed by atoms with Crippen LogP contribution in [0.1, 0.15) is 39.0 Å². The lowest BCUT2D eigenvalue weighted by Crippen LogP contribution is -2.29. The van der Waals surface area contributed by atoms with Crippen molar-refractivity contribution in [3.05, 3.63) is 27.7 Å². The van der Waals surface area contributed by atoms with Gasteiger partial charge in [0.2, 0.25) is 0 Å². The highest BCUT2D eigenvalue weighted by atomic mass is 79.9. The Balaban J connectivity index is 2.23. The van der Waals surface area contributed by atoms with Crippen LogP contribution < -0.4 is 10.6 Å². The molecule has 0 aliphatic carbocycles. The van der Waals surface area contributed by atoms with Crippen molar-refractivity contribution < 1.29 is 0 Å². The monoisotopic (exact) mass is 362 g/mol. The first-order chi connectivity index (χ1) is 9.13. The van der Waals surface area contributed by atoms with E-state index in [2.05, 4.69) is 33.5 Å². The largest absolute Gasteiger partial charge is 0.362 e. The summed E-state index contributed by atoms with van der Waals surface area (Å²) in [6.07, 6.45) is 6.29. The molecule has 0 saturated carbocycles. The summed E-state index contributed by atoms with van der Waals surface area (Å²) >= 11 is 14.7. The number of unbranched alkanes of at least 4 members (excludes halogenated alkanes) is 4. The van der Waals surface area contributed by atoms with Gasteiger partial charge in [0.15, 0.2) is 5.11 Å². The molecule has 2 nitrogen and oxygen atoms in total. The third-order valence-electron chi connectivity index (χ3n) is 2.75. The minimum Gasteiger partial charge on any atom is -0.362 e. The van der Waals surface area contributed by atoms with Crippen LogP contribution in [-0.2, 0) is 0 Å². The van der Waals surface area contributed by atoms with Crippen molar-refractivity contribution in [1.82, 2.24) is 5.32 Å². The smallest absolute Gasteiger partial charge is 0.170 e. The van der Waals surface area contributed by atoms with Crippen LogP contribution in [0.25, 0.3) is 0 Å². The summed E-state index contributed by atoms with van der Waals surface area (Å²) in [7, 11) is 0. The van der Waals surface area contributed by atoms with Gasteiger partial charge >= 0.3 is 0 Å². The molecule has 2 N–H and O–H groups in total.